The number of esters is 2. The molecule has 0 bridgehead atoms. The average molecular weight is 376 g/mol. The molecular weight excluding hydrogens is 348 g/mol. The lowest BCUT2D eigenvalue weighted by atomic mass is 9.52. The van der Waals surface area contributed by atoms with Crippen molar-refractivity contribution in [3.8, 4) is 0 Å². The van der Waals surface area contributed by atoms with Crippen LogP contribution in [0.2, 0.25) is 0 Å². The van der Waals surface area contributed by atoms with Crippen LogP contribution in [0.25, 0.3) is 0 Å². The molecule has 6 nitrogen and oxygen atoms in total. The molecule has 0 N–H and O–H groups in total. The van der Waals surface area contributed by atoms with Crippen molar-refractivity contribution in [2.75, 3.05) is 7.11 Å². The van der Waals surface area contributed by atoms with Gasteiger partial charge in [0.05, 0.1) is 30.7 Å². The first-order valence-corrected chi connectivity index (χ1v) is 9.77. The highest BCUT2D eigenvalue weighted by Gasteiger charge is 2.76. The number of epoxide rings is 1. The van der Waals surface area contributed by atoms with Gasteiger partial charge in [0.1, 0.15) is 11.7 Å². The predicted molar refractivity (Wildman–Crippen MR) is 95.6 cm³/mol. The van der Waals surface area contributed by atoms with Crippen LogP contribution in [0.1, 0.15) is 64.5 Å². The Morgan fingerprint density at radius 3 is 2.70 bits per heavy atom. The smallest absolute Gasteiger partial charge is 0.313 e. The first-order chi connectivity index (χ1) is 12.8. The van der Waals surface area contributed by atoms with E-state index in [-0.39, 0.29) is 47.5 Å². The van der Waals surface area contributed by atoms with E-state index in [4.69, 9.17) is 18.6 Å². The van der Waals surface area contributed by atoms with E-state index in [1.54, 1.807) is 12.5 Å². The Bertz CT molecular complexity index is 738. The van der Waals surface area contributed by atoms with Crippen molar-refractivity contribution in [1.82, 2.24) is 0 Å². The van der Waals surface area contributed by atoms with Gasteiger partial charge in [-0.25, -0.2) is 0 Å². The zero-order valence-corrected chi connectivity index (χ0v) is 16.4. The van der Waals surface area contributed by atoms with Crippen LogP contribution < -0.4 is 0 Å². The highest BCUT2D eigenvalue weighted by molar-refractivity contribution is 5.81. The topological polar surface area (TPSA) is 78.3 Å². The maximum absolute atomic E-state index is 13.3. The monoisotopic (exact) mass is 376 g/mol. The molecule has 0 aromatic carbocycles. The van der Waals surface area contributed by atoms with Gasteiger partial charge >= 0.3 is 11.9 Å². The summed E-state index contributed by atoms with van der Waals surface area (Å²) in [6, 6.07) is 1.85. The molecule has 2 saturated heterocycles. The van der Waals surface area contributed by atoms with Crippen molar-refractivity contribution >= 4 is 11.9 Å². The van der Waals surface area contributed by atoms with Crippen molar-refractivity contribution in [2.45, 2.75) is 70.2 Å². The molecule has 0 amide bonds. The summed E-state index contributed by atoms with van der Waals surface area (Å²) in [5.41, 5.74) is -0.441. The summed E-state index contributed by atoms with van der Waals surface area (Å²) in [7, 11) is 1.40. The Morgan fingerprint density at radius 1 is 1.37 bits per heavy atom. The van der Waals surface area contributed by atoms with E-state index in [2.05, 4.69) is 20.8 Å². The molecule has 148 valence electrons. The SMILES string of the molecule is COC(=O)CC[C@@H]1[C@@]2(C[C@@H](c3ccoc3)OC2=O)[C@H](C)CC[C@@]12OC2(C)C. The quantitative estimate of drug-likeness (QED) is 0.587. The maximum Gasteiger partial charge on any atom is 0.313 e. The fourth-order valence-corrected chi connectivity index (χ4v) is 5.75. The molecule has 27 heavy (non-hydrogen) atoms. The van der Waals surface area contributed by atoms with E-state index in [0.717, 1.165) is 18.4 Å². The molecule has 1 aromatic rings. The van der Waals surface area contributed by atoms with E-state index in [1.807, 2.05) is 6.07 Å². The Morgan fingerprint density at radius 2 is 2.11 bits per heavy atom. The highest BCUT2D eigenvalue weighted by Crippen LogP contribution is 2.69. The first-order valence-electron chi connectivity index (χ1n) is 9.77. The van der Waals surface area contributed by atoms with Gasteiger partial charge in [0.2, 0.25) is 0 Å². The summed E-state index contributed by atoms with van der Waals surface area (Å²) in [4.78, 5) is 25.2. The van der Waals surface area contributed by atoms with E-state index in [0.29, 0.717) is 12.8 Å². The minimum atomic E-state index is -0.651. The summed E-state index contributed by atoms with van der Waals surface area (Å²) in [5, 5.41) is 0. The van der Waals surface area contributed by atoms with Crippen molar-refractivity contribution in [3.63, 3.8) is 0 Å². The third kappa shape index (κ3) is 2.56. The molecule has 0 unspecified atom stereocenters. The first kappa shape index (κ1) is 18.5. The third-order valence-electron chi connectivity index (χ3n) is 7.36. The number of rotatable bonds is 4. The van der Waals surface area contributed by atoms with Crippen molar-refractivity contribution in [1.29, 1.82) is 0 Å². The summed E-state index contributed by atoms with van der Waals surface area (Å²) in [5.74, 6) is -0.335. The second-order valence-electron chi connectivity index (χ2n) is 8.80. The molecule has 4 rings (SSSR count). The minimum absolute atomic E-state index is 0.0766. The molecule has 5 atom stereocenters. The van der Waals surface area contributed by atoms with Crippen LogP contribution >= 0.6 is 0 Å². The van der Waals surface area contributed by atoms with Gasteiger partial charge in [-0.1, -0.05) is 6.92 Å². The fraction of sp³-hybridized carbons (Fsp3) is 0.714. The number of hydrogen-bond donors (Lipinski definition) is 0. The van der Waals surface area contributed by atoms with Gasteiger partial charge in [-0.3, -0.25) is 9.59 Å². The lowest BCUT2D eigenvalue weighted by Gasteiger charge is -2.47. The zero-order chi connectivity index (χ0) is 19.4. The molecule has 2 spiro atoms. The highest BCUT2D eigenvalue weighted by atomic mass is 16.6. The fourth-order valence-electron chi connectivity index (χ4n) is 5.75. The van der Waals surface area contributed by atoms with Crippen LogP contribution in [0.5, 0.6) is 0 Å². The van der Waals surface area contributed by atoms with Crippen LogP contribution in [-0.4, -0.2) is 30.3 Å². The molecular formula is C21H28O6. The number of ether oxygens (including phenoxy) is 3. The summed E-state index contributed by atoms with van der Waals surface area (Å²) < 4.78 is 22.1. The Balaban J connectivity index is 1.71. The molecule has 6 heteroatoms. The van der Waals surface area contributed by atoms with Crippen molar-refractivity contribution < 1.29 is 28.2 Å². The lowest BCUT2D eigenvalue weighted by molar-refractivity contribution is -0.160. The van der Waals surface area contributed by atoms with Crippen LogP contribution in [0.4, 0.5) is 0 Å². The largest absolute Gasteiger partial charge is 0.472 e. The van der Waals surface area contributed by atoms with Crippen LogP contribution in [0, 0.1) is 17.3 Å². The number of hydrogen-bond acceptors (Lipinski definition) is 6. The maximum atomic E-state index is 13.3. The number of furan rings is 1. The molecule has 1 aromatic heterocycles. The zero-order valence-electron chi connectivity index (χ0n) is 16.4. The Labute approximate surface area is 159 Å². The van der Waals surface area contributed by atoms with E-state index >= 15 is 0 Å². The molecule has 2 aliphatic heterocycles. The van der Waals surface area contributed by atoms with Crippen molar-refractivity contribution in [3.05, 3.63) is 24.2 Å². The molecule has 3 aliphatic rings. The second-order valence-corrected chi connectivity index (χ2v) is 8.80. The minimum Gasteiger partial charge on any atom is -0.472 e. The number of carbonyl (C=O) groups is 2. The third-order valence-corrected chi connectivity index (χ3v) is 7.36. The van der Waals surface area contributed by atoms with E-state index in [9.17, 15) is 9.59 Å². The molecule has 1 aliphatic carbocycles. The Kier molecular flexibility index (Phi) is 4.18. The molecule has 3 heterocycles. The van der Waals surface area contributed by atoms with Crippen LogP contribution in [-0.2, 0) is 23.8 Å². The summed E-state index contributed by atoms with van der Waals surface area (Å²) in [6.45, 7) is 6.29. The average Bonchev–Trinajstić information content (AvgIpc) is 3.04. The van der Waals surface area contributed by atoms with Crippen molar-refractivity contribution in [2.24, 2.45) is 17.3 Å². The predicted octanol–water partition coefficient (Wildman–Crippen LogP) is 3.80. The number of carbonyl (C=O) groups excluding carboxylic acids is 2. The van der Waals surface area contributed by atoms with E-state index in [1.165, 1.54) is 7.11 Å². The molecule has 3 fully saturated rings. The second kappa shape index (κ2) is 6.09. The normalized spacial score (nSPS) is 39.6. The van der Waals surface area contributed by atoms with Gasteiger partial charge in [-0.05, 0) is 45.1 Å². The summed E-state index contributed by atoms with van der Waals surface area (Å²) in [6.07, 6.45) is 6.18. The Hall–Kier alpha value is -1.82. The van der Waals surface area contributed by atoms with Crippen LogP contribution in [0.15, 0.2) is 23.0 Å². The van der Waals surface area contributed by atoms with Gasteiger partial charge in [-0.15, -0.1) is 0 Å². The summed E-state index contributed by atoms with van der Waals surface area (Å²) >= 11 is 0. The van der Waals surface area contributed by atoms with Gasteiger partial charge in [-0.2, -0.15) is 0 Å². The molecule has 1 saturated carbocycles. The van der Waals surface area contributed by atoms with E-state index < -0.39 is 5.41 Å². The standard InChI is InChI=1S/C21H28O6/c1-13-7-9-21(19(2,3)27-21)16(5-6-17(22)24-4)20(13)11-15(26-18(20)23)14-8-10-25-12-14/h8,10,12-13,15-16H,5-7,9,11H2,1-4H3/t13-,15+,16-,20-,21-/m1/s1. The van der Waals surface area contributed by atoms with Gasteiger partial charge in [0.25, 0.3) is 0 Å². The van der Waals surface area contributed by atoms with Gasteiger partial charge in [0, 0.05) is 24.3 Å². The number of methoxy groups -OCH3 is 1. The lowest BCUT2D eigenvalue weighted by Crippen LogP contribution is -2.53. The van der Waals surface area contributed by atoms with Crippen LogP contribution in [0.3, 0.4) is 0 Å². The van der Waals surface area contributed by atoms with Gasteiger partial charge in [0.15, 0.2) is 0 Å². The molecule has 0 radical (unpaired) electrons. The number of cyclic esters (lactones) is 1. The van der Waals surface area contributed by atoms with Gasteiger partial charge < -0.3 is 18.6 Å².